The van der Waals surface area contributed by atoms with Crippen molar-refractivity contribution in [2.24, 2.45) is 0 Å². The molecule has 7 heteroatoms. The first-order valence-electron chi connectivity index (χ1n) is 7.40. The molecule has 0 radical (unpaired) electrons. The van der Waals surface area contributed by atoms with Crippen molar-refractivity contribution < 1.29 is 4.79 Å². The molecule has 0 aliphatic heterocycles. The number of amides is 1. The quantitative estimate of drug-likeness (QED) is 0.721. The molecule has 0 spiro atoms. The molecule has 1 aromatic carbocycles. The number of rotatable bonds is 4. The molecule has 2 aromatic heterocycles. The maximum absolute atomic E-state index is 12.5. The van der Waals surface area contributed by atoms with Crippen LogP contribution in [0.1, 0.15) is 17.4 Å². The van der Waals surface area contributed by atoms with E-state index in [0.717, 1.165) is 10.0 Å². The third-order valence-electron chi connectivity index (χ3n) is 3.53. The summed E-state index contributed by atoms with van der Waals surface area (Å²) in [5.74, 6) is -0.186. The highest BCUT2D eigenvalue weighted by Crippen LogP contribution is 2.21. The molecule has 0 fully saturated rings. The number of benzene rings is 1. The fourth-order valence-corrected chi connectivity index (χ4v) is 2.85. The van der Waals surface area contributed by atoms with Crippen LogP contribution in [0, 0.1) is 0 Å². The fraction of sp³-hybridized carbons (Fsp3) is 0.118. The van der Waals surface area contributed by atoms with E-state index in [0.29, 0.717) is 23.6 Å². The zero-order valence-corrected chi connectivity index (χ0v) is 14.5. The van der Waals surface area contributed by atoms with Gasteiger partial charge in [-0.3, -0.25) is 9.59 Å². The molecule has 24 heavy (non-hydrogen) atoms. The lowest BCUT2D eigenvalue weighted by Gasteiger charge is -2.09. The van der Waals surface area contributed by atoms with E-state index in [4.69, 9.17) is 0 Å². The van der Waals surface area contributed by atoms with Crippen LogP contribution in [0.4, 0.5) is 5.69 Å². The predicted octanol–water partition coefficient (Wildman–Crippen LogP) is 3.27. The molecule has 0 aliphatic carbocycles. The maximum Gasteiger partial charge on any atom is 0.272 e. The largest absolute Gasteiger partial charge is 0.343 e. The van der Waals surface area contributed by atoms with E-state index in [9.17, 15) is 9.59 Å². The molecule has 1 amide bonds. The van der Waals surface area contributed by atoms with Gasteiger partial charge in [-0.05, 0) is 47.1 Å². The van der Waals surface area contributed by atoms with Crippen LogP contribution in [-0.2, 0) is 6.54 Å². The van der Waals surface area contributed by atoms with E-state index in [1.165, 1.54) is 6.07 Å². The Morgan fingerprint density at radius 1 is 1.29 bits per heavy atom. The van der Waals surface area contributed by atoms with Crippen molar-refractivity contribution in [1.82, 2.24) is 14.8 Å². The Bertz CT molecular complexity index is 925. The molecule has 0 saturated heterocycles. The van der Waals surface area contributed by atoms with Crippen LogP contribution in [0.25, 0.3) is 11.3 Å². The summed E-state index contributed by atoms with van der Waals surface area (Å²) in [5.41, 5.74) is 2.41. The van der Waals surface area contributed by atoms with Crippen LogP contribution in [0.2, 0.25) is 0 Å². The number of nitrogens with zero attached hydrogens (tertiary/aromatic N) is 2. The van der Waals surface area contributed by atoms with Crippen LogP contribution in [0.5, 0.6) is 0 Å². The van der Waals surface area contributed by atoms with Gasteiger partial charge in [0, 0.05) is 34.5 Å². The first kappa shape index (κ1) is 16.2. The predicted molar refractivity (Wildman–Crippen MR) is 96.1 cm³/mol. The third kappa shape index (κ3) is 3.46. The molecule has 3 rings (SSSR count). The second-order valence-electron chi connectivity index (χ2n) is 5.17. The molecule has 2 heterocycles. The van der Waals surface area contributed by atoms with Crippen LogP contribution in [0.3, 0.4) is 0 Å². The topological polar surface area (TPSA) is 79.8 Å². The lowest BCUT2D eigenvalue weighted by atomic mass is 10.1. The highest BCUT2D eigenvalue weighted by Gasteiger charge is 2.13. The van der Waals surface area contributed by atoms with Gasteiger partial charge < -0.3 is 9.88 Å². The molecule has 0 unspecified atom stereocenters. The molecule has 6 nitrogen and oxygen atoms in total. The Balaban J connectivity index is 1.85. The Labute approximate surface area is 146 Å². The van der Waals surface area contributed by atoms with Crippen LogP contribution < -0.4 is 10.9 Å². The smallest absolute Gasteiger partial charge is 0.272 e. The van der Waals surface area contributed by atoms with Gasteiger partial charge in [-0.1, -0.05) is 12.1 Å². The van der Waals surface area contributed by atoms with Crippen LogP contribution in [-0.4, -0.2) is 20.7 Å². The number of halogens is 1. The summed E-state index contributed by atoms with van der Waals surface area (Å²) in [5, 5.41) is 9.29. The normalized spacial score (nSPS) is 10.6. The van der Waals surface area contributed by atoms with Gasteiger partial charge in [-0.25, -0.2) is 5.10 Å². The molecule has 0 bridgehead atoms. The molecule has 0 aliphatic rings. The van der Waals surface area contributed by atoms with Crippen LogP contribution >= 0.6 is 15.9 Å². The van der Waals surface area contributed by atoms with Crippen molar-refractivity contribution in [3.63, 3.8) is 0 Å². The maximum atomic E-state index is 12.5. The van der Waals surface area contributed by atoms with Gasteiger partial charge >= 0.3 is 0 Å². The summed E-state index contributed by atoms with van der Waals surface area (Å²) in [4.78, 5) is 23.6. The van der Waals surface area contributed by atoms with Gasteiger partial charge in [0.2, 0.25) is 0 Å². The number of hydrogen-bond donors (Lipinski definition) is 2. The Hall–Kier alpha value is -2.67. The molecular formula is C17H15BrN4O2. The molecule has 0 atom stereocenters. The number of carbonyl (C=O) groups is 1. The summed E-state index contributed by atoms with van der Waals surface area (Å²) in [6.45, 7) is 2.68. The van der Waals surface area contributed by atoms with Crippen molar-refractivity contribution in [2.75, 3.05) is 5.32 Å². The number of carbonyl (C=O) groups excluding carboxylic acids is 1. The minimum absolute atomic E-state index is 0.186. The van der Waals surface area contributed by atoms with Crippen molar-refractivity contribution in [3.8, 4) is 11.3 Å². The molecule has 122 valence electrons. The van der Waals surface area contributed by atoms with E-state index in [2.05, 4.69) is 31.4 Å². The lowest BCUT2D eigenvalue weighted by Crippen LogP contribution is -2.16. The van der Waals surface area contributed by atoms with E-state index >= 15 is 0 Å². The van der Waals surface area contributed by atoms with Crippen molar-refractivity contribution in [2.45, 2.75) is 13.5 Å². The van der Waals surface area contributed by atoms with Gasteiger partial charge in [-0.2, -0.15) is 5.10 Å². The first-order chi connectivity index (χ1) is 11.6. The number of hydrogen-bond acceptors (Lipinski definition) is 3. The average molecular weight is 387 g/mol. The van der Waals surface area contributed by atoms with Gasteiger partial charge in [0.15, 0.2) is 0 Å². The number of aromatic nitrogens is 3. The van der Waals surface area contributed by atoms with E-state index in [1.807, 2.05) is 35.9 Å². The van der Waals surface area contributed by atoms with Gasteiger partial charge in [0.25, 0.3) is 11.5 Å². The monoisotopic (exact) mass is 386 g/mol. The zero-order valence-electron chi connectivity index (χ0n) is 12.9. The Morgan fingerprint density at radius 3 is 2.83 bits per heavy atom. The minimum Gasteiger partial charge on any atom is -0.343 e. The van der Waals surface area contributed by atoms with E-state index < -0.39 is 0 Å². The number of anilines is 1. The first-order valence-corrected chi connectivity index (χ1v) is 8.19. The summed E-state index contributed by atoms with van der Waals surface area (Å²) < 4.78 is 2.73. The standard InChI is InChI=1S/C17H15BrN4O2/c1-2-22-10-12(18)9-15(22)17(24)19-13-5-3-4-11(8-13)14-6-7-16(23)21-20-14/h3-10H,2H2,1H3,(H,19,24)(H,21,23). The average Bonchev–Trinajstić information content (AvgIpc) is 2.97. The highest BCUT2D eigenvalue weighted by molar-refractivity contribution is 9.10. The molecule has 2 N–H and O–H groups in total. The Kier molecular flexibility index (Phi) is 4.61. The summed E-state index contributed by atoms with van der Waals surface area (Å²) >= 11 is 3.39. The highest BCUT2D eigenvalue weighted by atomic mass is 79.9. The summed E-state index contributed by atoms with van der Waals surface area (Å²) in [6.07, 6.45) is 1.87. The molecule has 3 aromatic rings. The van der Waals surface area contributed by atoms with Crippen molar-refractivity contribution in [3.05, 3.63) is 69.2 Å². The lowest BCUT2D eigenvalue weighted by molar-refractivity contribution is 0.101. The van der Waals surface area contributed by atoms with Crippen molar-refractivity contribution >= 4 is 27.5 Å². The fourth-order valence-electron chi connectivity index (χ4n) is 2.38. The van der Waals surface area contributed by atoms with Gasteiger partial charge in [0.05, 0.1) is 5.69 Å². The van der Waals surface area contributed by atoms with Crippen molar-refractivity contribution in [1.29, 1.82) is 0 Å². The zero-order chi connectivity index (χ0) is 17.1. The molecular weight excluding hydrogens is 372 g/mol. The SMILES string of the molecule is CCn1cc(Br)cc1C(=O)Nc1cccc(-c2ccc(=O)[nH]n2)c1. The van der Waals surface area contributed by atoms with E-state index in [1.54, 1.807) is 18.2 Å². The second-order valence-corrected chi connectivity index (χ2v) is 6.09. The summed E-state index contributed by atoms with van der Waals surface area (Å²) in [7, 11) is 0. The second kappa shape index (κ2) is 6.84. The number of nitrogens with one attached hydrogen (secondary N) is 2. The van der Waals surface area contributed by atoms with Crippen LogP contribution in [0.15, 0.2) is 57.9 Å². The number of aryl methyl sites for hydroxylation is 1. The minimum atomic E-state index is -0.255. The third-order valence-corrected chi connectivity index (χ3v) is 3.97. The van der Waals surface area contributed by atoms with E-state index in [-0.39, 0.29) is 11.5 Å². The van der Waals surface area contributed by atoms with Gasteiger partial charge in [-0.15, -0.1) is 0 Å². The number of aromatic amines is 1. The van der Waals surface area contributed by atoms with Gasteiger partial charge in [0.1, 0.15) is 5.69 Å². The summed E-state index contributed by atoms with van der Waals surface area (Å²) in [6, 6.07) is 12.1. The Morgan fingerprint density at radius 2 is 2.12 bits per heavy atom. The molecule has 0 saturated carbocycles. The number of H-pyrrole nitrogens is 1.